The van der Waals surface area contributed by atoms with Crippen molar-refractivity contribution in [1.29, 1.82) is 0 Å². The Morgan fingerprint density at radius 1 is 1.39 bits per heavy atom. The minimum absolute atomic E-state index is 0.235. The molecule has 0 radical (unpaired) electrons. The van der Waals surface area contributed by atoms with Crippen LogP contribution in [0, 0.1) is 0 Å². The van der Waals surface area contributed by atoms with Gasteiger partial charge in [0.05, 0.1) is 19.3 Å². The summed E-state index contributed by atoms with van der Waals surface area (Å²) >= 11 is 0. The van der Waals surface area contributed by atoms with Crippen LogP contribution in [-0.4, -0.2) is 37.0 Å². The minimum atomic E-state index is 0.235. The predicted molar refractivity (Wildman–Crippen MR) is 74.1 cm³/mol. The van der Waals surface area contributed by atoms with Gasteiger partial charge in [0, 0.05) is 18.3 Å². The zero-order valence-corrected chi connectivity index (χ0v) is 11.3. The highest BCUT2D eigenvalue weighted by Crippen LogP contribution is 2.30. The Balaban J connectivity index is 0.000000202. The van der Waals surface area contributed by atoms with E-state index < -0.39 is 0 Å². The van der Waals surface area contributed by atoms with Crippen LogP contribution in [0.1, 0.15) is 25.8 Å². The molecule has 18 heavy (non-hydrogen) atoms. The summed E-state index contributed by atoms with van der Waals surface area (Å²) in [7, 11) is 0. The maximum Gasteiger partial charge on any atom is 0.0807 e. The number of hydrogen-bond donors (Lipinski definition) is 1. The van der Waals surface area contributed by atoms with Gasteiger partial charge in [-0.15, -0.1) is 0 Å². The first-order valence-corrected chi connectivity index (χ1v) is 6.83. The van der Waals surface area contributed by atoms with E-state index in [1.54, 1.807) is 0 Å². The van der Waals surface area contributed by atoms with Crippen LogP contribution >= 0.6 is 0 Å². The second-order valence-electron chi connectivity index (χ2n) is 4.96. The van der Waals surface area contributed by atoms with Crippen molar-refractivity contribution in [3.05, 3.63) is 29.8 Å². The molecule has 0 spiro atoms. The molecule has 1 fully saturated rings. The van der Waals surface area contributed by atoms with Crippen LogP contribution in [0.5, 0.6) is 0 Å². The van der Waals surface area contributed by atoms with Crippen LogP contribution < -0.4 is 4.90 Å². The van der Waals surface area contributed by atoms with Crippen molar-refractivity contribution in [1.82, 2.24) is 0 Å². The predicted octanol–water partition coefficient (Wildman–Crippen LogP) is 2.23. The van der Waals surface area contributed by atoms with Crippen LogP contribution in [0.25, 0.3) is 0 Å². The summed E-state index contributed by atoms with van der Waals surface area (Å²) < 4.78 is 4.86. The number of benzene rings is 1. The van der Waals surface area contributed by atoms with Crippen molar-refractivity contribution in [3.63, 3.8) is 0 Å². The summed E-state index contributed by atoms with van der Waals surface area (Å²) in [5.41, 5.74) is 2.70. The van der Waals surface area contributed by atoms with Gasteiger partial charge in [-0.25, -0.2) is 0 Å². The first-order chi connectivity index (χ1) is 8.76. The molecule has 3 rings (SSSR count). The number of epoxide rings is 1. The van der Waals surface area contributed by atoms with Crippen LogP contribution in [0.15, 0.2) is 24.3 Å². The van der Waals surface area contributed by atoms with Crippen molar-refractivity contribution in [2.24, 2.45) is 0 Å². The van der Waals surface area contributed by atoms with Gasteiger partial charge in [0.25, 0.3) is 0 Å². The smallest absolute Gasteiger partial charge is 0.0807 e. The minimum Gasteiger partial charge on any atom is -0.395 e. The summed E-state index contributed by atoms with van der Waals surface area (Å²) in [6.45, 7) is 6.33. The number of aliphatic hydroxyl groups is 1. The van der Waals surface area contributed by atoms with Crippen molar-refractivity contribution in [2.75, 3.05) is 24.7 Å². The van der Waals surface area contributed by atoms with Crippen molar-refractivity contribution in [2.45, 2.75) is 38.8 Å². The fourth-order valence-corrected chi connectivity index (χ4v) is 2.38. The van der Waals surface area contributed by atoms with E-state index in [4.69, 9.17) is 9.84 Å². The van der Waals surface area contributed by atoms with E-state index in [0.717, 1.165) is 19.6 Å². The monoisotopic (exact) mass is 249 g/mol. The number of anilines is 1. The molecule has 2 aliphatic heterocycles. The molecule has 3 heteroatoms. The summed E-state index contributed by atoms with van der Waals surface area (Å²) in [6.07, 6.45) is 2.94. The molecule has 0 aromatic heterocycles. The normalized spacial score (nSPS) is 24.3. The van der Waals surface area contributed by atoms with Gasteiger partial charge < -0.3 is 14.7 Å². The molecule has 0 bridgehead atoms. The topological polar surface area (TPSA) is 36.0 Å². The third-order valence-electron chi connectivity index (χ3n) is 3.55. The molecule has 100 valence electrons. The molecule has 2 heterocycles. The Morgan fingerprint density at radius 2 is 2.11 bits per heavy atom. The maximum atomic E-state index is 8.93. The Bertz CT molecular complexity index is 377. The number of hydrogen-bond acceptors (Lipinski definition) is 3. The van der Waals surface area contributed by atoms with E-state index in [1.165, 1.54) is 17.7 Å². The number of aliphatic hydroxyl groups excluding tert-OH is 1. The first-order valence-electron chi connectivity index (χ1n) is 6.83. The molecule has 2 atom stereocenters. The van der Waals surface area contributed by atoms with Crippen molar-refractivity contribution >= 4 is 5.69 Å². The highest BCUT2D eigenvalue weighted by atomic mass is 16.6. The lowest BCUT2D eigenvalue weighted by Crippen LogP contribution is -2.31. The van der Waals surface area contributed by atoms with E-state index in [2.05, 4.69) is 43.0 Å². The van der Waals surface area contributed by atoms with Gasteiger partial charge in [-0.05, 0) is 31.4 Å². The number of fused-ring (bicyclic) bond motifs is 1. The molecule has 2 aliphatic rings. The molecule has 1 aromatic rings. The molecular formula is C15H23NO2. The lowest BCUT2D eigenvalue weighted by atomic mass is 10.1. The number of β-amino-alcohol motifs (C(OH)–C–C–N with tert-alkyl or cyclic N) is 1. The highest BCUT2D eigenvalue weighted by Gasteiger charge is 2.24. The van der Waals surface area contributed by atoms with E-state index in [1.807, 2.05) is 0 Å². The standard InChI is InChI=1S/C11H15NO.C4H8O/c1-9-8-10-4-2-3-5-11(10)12(9)6-7-13;1-2-4-3-5-4/h2-5,9,13H,6-8H2,1H3;4H,2-3H2,1H3. The maximum absolute atomic E-state index is 8.93. The SMILES string of the molecule is CC1Cc2ccccc2N1CCO.CCC1CO1. The van der Waals surface area contributed by atoms with Gasteiger partial charge in [0.1, 0.15) is 0 Å². The summed E-state index contributed by atoms with van der Waals surface area (Å²) in [5.74, 6) is 0. The molecule has 1 aromatic carbocycles. The molecular weight excluding hydrogens is 226 g/mol. The van der Waals surface area contributed by atoms with E-state index in [0.29, 0.717) is 12.1 Å². The van der Waals surface area contributed by atoms with E-state index >= 15 is 0 Å². The Labute approximate surface area is 109 Å². The molecule has 0 aliphatic carbocycles. The Morgan fingerprint density at radius 3 is 2.67 bits per heavy atom. The summed E-state index contributed by atoms with van der Waals surface area (Å²) in [4.78, 5) is 2.27. The Kier molecular flexibility index (Phi) is 4.61. The fourth-order valence-electron chi connectivity index (χ4n) is 2.38. The zero-order chi connectivity index (χ0) is 13.0. The molecule has 0 saturated carbocycles. The fraction of sp³-hybridized carbons (Fsp3) is 0.600. The molecule has 2 unspecified atom stereocenters. The average Bonchev–Trinajstić information content (AvgIpc) is 3.17. The number of ether oxygens (including phenoxy) is 1. The van der Waals surface area contributed by atoms with Crippen LogP contribution in [0.3, 0.4) is 0 Å². The lowest BCUT2D eigenvalue weighted by molar-refractivity contribution is 0.299. The molecule has 0 amide bonds. The van der Waals surface area contributed by atoms with E-state index in [-0.39, 0.29) is 6.61 Å². The summed E-state index contributed by atoms with van der Waals surface area (Å²) in [5, 5.41) is 8.93. The second kappa shape index (κ2) is 6.21. The Hall–Kier alpha value is -1.06. The summed E-state index contributed by atoms with van der Waals surface area (Å²) in [6, 6.07) is 8.97. The third-order valence-corrected chi connectivity index (χ3v) is 3.55. The largest absolute Gasteiger partial charge is 0.395 e. The van der Waals surface area contributed by atoms with Crippen LogP contribution in [-0.2, 0) is 11.2 Å². The van der Waals surface area contributed by atoms with Gasteiger partial charge in [-0.3, -0.25) is 0 Å². The molecule has 3 nitrogen and oxygen atoms in total. The van der Waals surface area contributed by atoms with Gasteiger partial charge in [0.2, 0.25) is 0 Å². The first kappa shape index (κ1) is 13.4. The number of para-hydroxylation sites is 1. The quantitative estimate of drug-likeness (QED) is 0.834. The van der Waals surface area contributed by atoms with Crippen molar-refractivity contribution in [3.8, 4) is 0 Å². The number of rotatable bonds is 3. The zero-order valence-electron chi connectivity index (χ0n) is 11.3. The second-order valence-corrected chi connectivity index (χ2v) is 4.96. The average molecular weight is 249 g/mol. The number of nitrogens with zero attached hydrogens (tertiary/aromatic N) is 1. The van der Waals surface area contributed by atoms with Crippen molar-refractivity contribution < 1.29 is 9.84 Å². The van der Waals surface area contributed by atoms with Crippen LogP contribution in [0.2, 0.25) is 0 Å². The highest BCUT2D eigenvalue weighted by molar-refractivity contribution is 5.59. The van der Waals surface area contributed by atoms with Gasteiger partial charge in [0.15, 0.2) is 0 Å². The molecule has 1 N–H and O–H groups in total. The van der Waals surface area contributed by atoms with Gasteiger partial charge in [-0.1, -0.05) is 25.1 Å². The lowest BCUT2D eigenvalue weighted by Gasteiger charge is -2.23. The van der Waals surface area contributed by atoms with E-state index in [9.17, 15) is 0 Å². The van der Waals surface area contributed by atoms with Gasteiger partial charge >= 0.3 is 0 Å². The van der Waals surface area contributed by atoms with Crippen LogP contribution in [0.4, 0.5) is 5.69 Å². The third kappa shape index (κ3) is 3.24. The molecule has 1 saturated heterocycles. The van der Waals surface area contributed by atoms with Gasteiger partial charge in [-0.2, -0.15) is 0 Å².